The Labute approximate surface area is 162 Å². The van der Waals surface area contributed by atoms with Crippen LogP contribution in [-0.2, 0) is 4.79 Å². The molecule has 0 unspecified atom stereocenters. The highest BCUT2D eigenvalue weighted by Crippen LogP contribution is 2.25. The smallest absolute Gasteiger partial charge is 0.290 e. The lowest BCUT2D eigenvalue weighted by Gasteiger charge is -2.06. The van der Waals surface area contributed by atoms with Crippen molar-refractivity contribution in [1.82, 2.24) is 19.8 Å². The van der Waals surface area contributed by atoms with Crippen LogP contribution in [0.2, 0.25) is 0 Å². The molecule has 0 radical (unpaired) electrons. The van der Waals surface area contributed by atoms with Gasteiger partial charge in [0.15, 0.2) is 0 Å². The van der Waals surface area contributed by atoms with Crippen LogP contribution in [0.4, 0.5) is 5.69 Å². The fourth-order valence-corrected chi connectivity index (χ4v) is 3.97. The van der Waals surface area contributed by atoms with Crippen LogP contribution in [0.5, 0.6) is 0 Å². The van der Waals surface area contributed by atoms with Crippen LogP contribution in [0.25, 0.3) is 16.1 Å². The van der Waals surface area contributed by atoms with Gasteiger partial charge in [0.2, 0.25) is 11.1 Å². The summed E-state index contributed by atoms with van der Waals surface area (Å²) in [5.41, 5.74) is 2.60. The monoisotopic (exact) mass is 397 g/mol. The molecule has 1 amide bonds. The largest absolute Gasteiger partial charge is 0.325 e. The van der Waals surface area contributed by atoms with Gasteiger partial charge in [-0.3, -0.25) is 9.59 Å². The molecule has 0 fully saturated rings. The molecule has 4 aromatic rings. The average Bonchev–Trinajstić information content (AvgIpc) is 3.31. The van der Waals surface area contributed by atoms with Gasteiger partial charge >= 0.3 is 0 Å². The summed E-state index contributed by atoms with van der Waals surface area (Å²) in [7, 11) is 0. The van der Waals surface area contributed by atoms with Crippen molar-refractivity contribution in [3.8, 4) is 10.6 Å². The van der Waals surface area contributed by atoms with Crippen molar-refractivity contribution in [1.29, 1.82) is 0 Å². The van der Waals surface area contributed by atoms with Crippen LogP contribution in [-0.4, -0.2) is 31.5 Å². The number of benzene rings is 1. The third-order valence-electron chi connectivity index (χ3n) is 3.78. The lowest BCUT2D eigenvalue weighted by atomic mass is 10.2. The Hall–Kier alpha value is -2.91. The Kier molecular flexibility index (Phi) is 4.78. The van der Waals surface area contributed by atoms with Gasteiger partial charge in [-0.25, -0.2) is 9.61 Å². The first kappa shape index (κ1) is 17.5. The minimum atomic E-state index is -0.320. The molecule has 0 spiro atoms. The van der Waals surface area contributed by atoms with Crippen LogP contribution >= 0.6 is 23.1 Å². The number of aryl methyl sites for hydroxylation is 1. The summed E-state index contributed by atoms with van der Waals surface area (Å²) in [4.78, 5) is 25.3. The third-order valence-corrected chi connectivity index (χ3v) is 5.61. The molecule has 0 bridgehead atoms. The number of thioether (sulfide) groups is 1. The number of carbonyl (C=O) groups excluding carboxylic acids is 1. The van der Waals surface area contributed by atoms with Gasteiger partial charge in [-0.1, -0.05) is 30.0 Å². The standard InChI is InChI=1S/C18H15N5O2S2/c1-11-4-2-5-12(8-11)19-16(24)10-27-18-21-20-17(25)14-9-13(22-23(14)18)15-6-3-7-26-15/h2-9H,10H2,1H3,(H,19,24)(H,20,25). The number of hydrogen-bond donors (Lipinski definition) is 2. The van der Waals surface area contributed by atoms with Crippen LogP contribution in [0.3, 0.4) is 0 Å². The summed E-state index contributed by atoms with van der Waals surface area (Å²) < 4.78 is 1.48. The Balaban J connectivity index is 1.54. The van der Waals surface area contributed by atoms with Crippen molar-refractivity contribution in [2.75, 3.05) is 11.1 Å². The SMILES string of the molecule is Cc1cccc(NC(=O)CSc2n[nH]c(=O)c3cc(-c4cccs4)nn23)c1. The van der Waals surface area contributed by atoms with Gasteiger partial charge in [0.25, 0.3) is 5.56 Å². The number of carbonyl (C=O) groups is 1. The van der Waals surface area contributed by atoms with E-state index in [1.807, 2.05) is 48.7 Å². The van der Waals surface area contributed by atoms with Gasteiger partial charge in [-0.05, 0) is 42.1 Å². The van der Waals surface area contributed by atoms with E-state index in [2.05, 4.69) is 20.6 Å². The first-order chi connectivity index (χ1) is 13.1. The fourth-order valence-electron chi connectivity index (χ4n) is 2.58. The van der Waals surface area contributed by atoms with E-state index < -0.39 is 0 Å². The third kappa shape index (κ3) is 3.79. The fraction of sp³-hybridized carbons (Fsp3) is 0.111. The molecule has 0 aliphatic carbocycles. The number of H-pyrrole nitrogens is 1. The lowest BCUT2D eigenvalue weighted by molar-refractivity contribution is -0.113. The van der Waals surface area contributed by atoms with Gasteiger partial charge in [-0.2, -0.15) is 5.10 Å². The number of nitrogens with zero attached hydrogens (tertiary/aromatic N) is 3. The molecule has 0 aliphatic rings. The van der Waals surface area contributed by atoms with E-state index in [1.54, 1.807) is 17.4 Å². The van der Waals surface area contributed by atoms with Gasteiger partial charge in [0.1, 0.15) is 11.2 Å². The highest BCUT2D eigenvalue weighted by atomic mass is 32.2. The van der Waals surface area contributed by atoms with E-state index in [1.165, 1.54) is 16.3 Å². The molecule has 3 heterocycles. The van der Waals surface area contributed by atoms with E-state index in [-0.39, 0.29) is 17.2 Å². The molecule has 0 saturated heterocycles. The molecule has 0 saturated carbocycles. The maximum atomic E-state index is 12.2. The van der Waals surface area contributed by atoms with E-state index in [9.17, 15) is 9.59 Å². The van der Waals surface area contributed by atoms with Gasteiger partial charge in [0, 0.05) is 5.69 Å². The molecule has 9 heteroatoms. The van der Waals surface area contributed by atoms with Crippen LogP contribution < -0.4 is 10.9 Å². The first-order valence-corrected chi connectivity index (χ1v) is 9.98. The van der Waals surface area contributed by atoms with Gasteiger partial charge < -0.3 is 5.32 Å². The normalized spacial score (nSPS) is 11.0. The summed E-state index contributed by atoms with van der Waals surface area (Å²) in [6.45, 7) is 1.97. The summed E-state index contributed by atoms with van der Waals surface area (Å²) in [6, 6.07) is 13.2. The molecule has 2 N–H and O–H groups in total. The number of fused-ring (bicyclic) bond motifs is 1. The Morgan fingerprint density at radius 1 is 1.30 bits per heavy atom. The van der Waals surface area contributed by atoms with Gasteiger partial charge in [-0.15, -0.1) is 16.4 Å². The average molecular weight is 397 g/mol. The van der Waals surface area contributed by atoms with E-state index in [0.717, 1.165) is 16.1 Å². The van der Waals surface area contributed by atoms with Crippen molar-refractivity contribution in [2.24, 2.45) is 0 Å². The second-order valence-electron chi connectivity index (χ2n) is 5.85. The molecular formula is C18H15N5O2S2. The van der Waals surface area contributed by atoms with Crippen molar-refractivity contribution in [2.45, 2.75) is 12.1 Å². The van der Waals surface area contributed by atoms with E-state index in [0.29, 0.717) is 16.4 Å². The molecule has 0 atom stereocenters. The zero-order valence-electron chi connectivity index (χ0n) is 14.3. The maximum Gasteiger partial charge on any atom is 0.290 e. The topological polar surface area (TPSA) is 92.1 Å². The van der Waals surface area contributed by atoms with Gasteiger partial charge in [0.05, 0.1) is 10.6 Å². The van der Waals surface area contributed by atoms with Crippen LogP contribution in [0.15, 0.2) is 57.8 Å². The summed E-state index contributed by atoms with van der Waals surface area (Å²) in [6.07, 6.45) is 0. The number of thiophene rings is 1. The molecular weight excluding hydrogens is 382 g/mol. The van der Waals surface area contributed by atoms with E-state index >= 15 is 0 Å². The van der Waals surface area contributed by atoms with Crippen molar-refractivity contribution >= 4 is 40.2 Å². The zero-order chi connectivity index (χ0) is 18.8. The van der Waals surface area contributed by atoms with Crippen molar-refractivity contribution in [3.05, 3.63) is 63.8 Å². The zero-order valence-corrected chi connectivity index (χ0v) is 15.9. The molecule has 1 aromatic carbocycles. The summed E-state index contributed by atoms with van der Waals surface area (Å²) in [5.74, 6) is -0.00611. The van der Waals surface area contributed by atoms with Crippen LogP contribution in [0, 0.1) is 6.92 Å². The second kappa shape index (κ2) is 7.37. The quantitative estimate of drug-likeness (QED) is 0.505. The van der Waals surface area contributed by atoms with E-state index in [4.69, 9.17) is 0 Å². The number of aromatic amines is 1. The summed E-state index contributed by atoms with van der Waals surface area (Å²) >= 11 is 2.76. The number of amides is 1. The minimum absolute atomic E-state index is 0.149. The Morgan fingerprint density at radius 3 is 2.96 bits per heavy atom. The lowest BCUT2D eigenvalue weighted by Crippen LogP contribution is -2.17. The molecule has 136 valence electrons. The molecule has 4 rings (SSSR count). The minimum Gasteiger partial charge on any atom is -0.325 e. The van der Waals surface area contributed by atoms with Crippen molar-refractivity contribution in [3.63, 3.8) is 0 Å². The molecule has 0 aliphatic heterocycles. The van der Waals surface area contributed by atoms with Crippen LogP contribution in [0.1, 0.15) is 5.56 Å². The molecule has 27 heavy (non-hydrogen) atoms. The number of hydrogen-bond acceptors (Lipinski definition) is 6. The second-order valence-corrected chi connectivity index (χ2v) is 7.74. The maximum absolute atomic E-state index is 12.2. The molecule has 3 aromatic heterocycles. The molecule has 7 nitrogen and oxygen atoms in total. The number of nitrogens with one attached hydrogen (secondary N) is 2. The predicted molar refractivity (Wildman–Crippen MR) is 107 cm³/mol. The highest BCUT2D eigenvalue weighted by molar-refractivity contribution is 7.99. The van der Waals surface area contributed by atoms with Crippen molar-refractivity contribution < 1.29 is 4.79 Å². The summed E-state index contributed by atoms with van der Waals surface area (Å²) in [5, 5.41) is 16.2. The highest BCUT2D eigenvalue weighted by Gasteiger charge is 2.14. The Morgan fingerprint density at radius 2 is 2.19 bits per heavy atom. The number of rotatable bonds is 5. The number of anilines is 1. The number of aromatic nitrogens is 4. The predicted octanol–water partition coefficient (Wildman–Crippen LogP) is 3.19. The first-order valence-electron chi connectivity index (χ1n) is 8.12. The Bertz CT molecular complexity index is 1160.